The highest BCUT2D eigenvalue weighted by Crippen LogP contribution is 2.52. The molecule has 1 aromatic rings. The Hall–Kier alpha value is -2.41. The number of rotatable bonds is 5. The van der Waals surface area contributed by atoms with E-state index >= 15 is 4.39 Å². The van der Waals surface area contributed by atoms with Crippen LogP contribution in [0.1, 0.15) is 47.5 Å². The molecule has 2 fully saturated rings. The van der Waals surface area contributed by atoms with Crippen molar-refractivity contribution in [2.24, 2.45) is 5.92 Å². The van der Waals surface area contributed by atoms with E-state index < -0.39 is 17.6 Å². The summed E-state index contributed by atoms with van der Waals surface area (Å²) in [5, 5.41) is 12.7. The Morgan fingerprint density at radius 1 is 1.36 bits per heavy atom. The summed E-state index contributed by atoms with van der Waals surface area (Å²) in [5.74, 6) is -2.05. The summed E-state index contributed by atoms with van der Waals surface area (Å²) in [7, 11) is 3.39. The summed E-state index contributed by atoms with van der Waals surface area (Å²) in [5.41, 5.74) is 0.874. The Kier molecular flexibility index (Phi) is 4.87. The van der Waals surface area contributed by atoms with E-state index in [1.807, 2.05) is 11.9 Å². The molecular weight excluding hydrogens is 363 g/mol. The van der Waals surface area contributed by atoms with Gasteiger partial charge < -0.3 is 20.1 Å². The van der Waals surface area contributed by atoms with Gasteiger partial charge in [-0.25, -0.2) is 9.18 Å². The highest BCUT2D eigenvalue weighted by Gasteiger charge is 2.42. The molecule has 1 aliphatic heterocycles. The number of carbonyl (C=O) groups is 2. The second-order valence-corrected chi connectivity index (χ2v) is 7.85. The normalized spacial score (nSPS) is 24.6. The van der Waals surface area contributed by atoms with Gasteiger partial charge in [0.25, 0.3) is 0 Å². The number of fused-ring (bicyclic) bond motifs is 1. The number of ether oxygens (including phenoxy) is 1. The van der Waals surface area contributed by atoms with Gasteiger partial charge >= 0.3 is 5.97 Å². The lowest BCUT2D eigenvalue weighted by molar-refractivity contribution is -0.132. The van der Waals surface area contributed by atoms with Crippen molar-refractivity contribution in [3.05, 3.63) is 34.7 Å². The molecule has 2 aliphatic carbocycles. The largest absolute Gasteiger partial charge is 0.494 e. The summed E-state index contributed by atoms with van der Waals surface area (Å²) < 4.78 is 20.9. The SMILES string of the molecule is CNC1CCCN(c2c(F)cc3c(c2OC)C(C2CC2)C=C(C(=O)O)C3=O)C1. The Bertz CT molecular complexity index is 862. The number of hydrogen-bond donors (Lipinski definition) is 2. The maximum Gasteiger partial charge on any atom is 0.339 e. The lowest BCUT2D eigenvalue weighted by atomic mass is 9.79. The van der Waals surface area contributed by atoms with Crippen LogP contribution in [-0.2, 0) is 4.79 Å². The summed E-state index contributed by atoms with van der Waals surface area (Å²) in [6, 6.07) is 1.47. The first kappa shape index (κ1) is 18.9. The Morgan fingerprint density at radius 2 is 2.11 bits per heavy atom. The Balaban J connectivity index is 1.86. The number of benzene rings is 1. The third-order valence-electron chi connectivity index (χ3n) is 6.13. The van der Waals surface area contributed by atoms with E-state index in [9.17, 15) is 14.7 Å². The van der Waals surface area contributed by atoms with Crippen molar-refractivity contribution in [3.8, 4) is 5.75 Å². The highest BCUT2D eigenvalue weighted by atomic mass is 19.1. The van der Waals surface area contributed by atoms with Crippen LogP contribution in [0.3, 0.4) is 0 Å². The minimum Gasteiger partial charge on any atom is -0.494 e. The van der Waals surface area contributed by atoms with Crippen molar-refractivity contribution in [1.82, 2.24) is 5.32 Å². The second-order valence-electron chi connectivity index (χ2n) is 7.85. The number of nitrogens with zero attached hydrogens (tertiary/aromatic N) is 1. The van der Waals surface area contributed by atoms with E-state index in [1.165, 1.54) is 13.2 Å². The van der Waals surface area contributed by atoms with E-state index in [-0.39, 0.29) is 29.0 Å². The maximum atomic E-state index is 15.2. The molecule has 28 heavy (non-hydrogen) atoms. The molecule has 0 amide bonds. The molecule has 4 rings (SSSR count). The third-order valence-corrected chi connectivity index (χ3v) is 6.13. The number of ketones is 1. The van der Waals surface area contributed by atoms with Gasteiger partial charge in [0, 0.05) is 36.2 Å². The van der Waals surface area contributed by atoms with Crippen LogP contribution in [0.4, 0.5) is 10.1 Å². The number of aliphatic carboxylic acids is 1. The molecule has 0 radical (unpaired) electrons. The first-order chi connectivity index (χ1) is 13.5. The van der Waals surface area contributed by atoms with Crippen LogP contribution in [-0.4, -0.2) is 50.1 Å². The second kappa shape index (κ2) is 7.20. The van der Waals surface area contributed by atoms with Crippen molar-refractivity contribution >= 4 is 17.4 Å². The molecule has 2 atom stereocenters. The van der Waals surface area contributed by atoms with E-state index in [2.05, 4.69) is 5.32 Å². The van der Waals surface area contributed by atoms with Gasteiger partial charge in [0.05, 0.1) is 7.11 Å². The van der Waals surface area contributed by atoms with Crippen molar-refractivity contribution in [2.75, 3.05) is 32.1 Å². The van der Waals surface area contributed by atoms with Gasteiger partial charge in [0.2, 0.25) is 5.78 Å². The van der Waals surface area contributed by atoms with Gasteiger partial charge in [-0.2, -0.15) is 0 Å². The smallest absolute Gasteiger partial charge is 0.339 e. The molecule has 6 nitrogen and oxygen atoms in total. The minimum absolute atomic E-state index is 0.122. The number of methoxy groups -OCH3 is 1. The van der Waals surface area contributed by atoms with Gasteiger partial charge in [-0.1, -0.05) is 6.08 Å². The Morgan fingerprint density at radius 3 is 2.71 bits per heavy atom. The van der Waals surface area contributed by atoms with Crippen LogP contribution < -0.4 is 15.0 Å². The molecule has 150 valence electrons. The van der Waals surface area contributed by atoms with Gasteiger partial charge in [-0.05, 0) is 44.7 Å². The summed E-state index contributed by atoms with van der Waals surface area (Å²) in [4.78, 5) is 26.3. The molecule has 1 aromatic carbocycles. The standard InChI is InChI=1S/C21H25FN2O4/c1-23-12-4-3-7-24(10-12)18-16(22)9-14-17(20(18)28-2)13(11-5-6-11)8-15(19(14)25)21(26)27/h8-9,11-13,23H,3-7,10H2,1-2H3,(H,26,27). The molecular formula is C21H25FN2O4. The summed E-state index contributed by atoms with van der Waals surface area (Å²) in [6.07, 6.45) is 5.42. The van der Waals surface area contributed by atoms with Crippen molar-refractivity contribution in [2.45, 2.75) is 37.6 Å². The maximum absolute atomic E-state index is 15.2. The van der Waals surface area contributed by atoms with Crippen LogP contribution >= 0.6 is 0 Å². The number of nitrogens with one attached hydrogen (secondary N) is 1. The van der Waals surface area contributed by atoms with E-state index in [0.717, 1.165) is 25.7 Å². The molecule has 7 heteroatoms. The predicted octanol–water partition coefficient (Wildman–Crippen LogP) is 2.72. The fourth-order valence-corrected chi connectivity index (χ4v) is 4.55. The number of hydrogen-bond acceptors (Lipinski definition) is 5. The zero-order valence-electron chi connectivity index (χ0n) is 16.1. The number of carboxylic acid groups (broad SMARTS) is 1. The van der Waals surface area contributed by atoms with E-state index in [0.29, 0.717) is 30.1 Å². The minimum atomic E-state index is -1.27. The monoisotopic (exact) mass is 388 g/mol. The van der Waals surface area contributed by atoms with Crippen LogP contribution in [0.25, 0.3) is 0 Å². The highest BCUT2D eigenvalue weighted by molar-refractivity contribution is 6.25. The van der Waals surface area contributed by atoms with Crippen LogP contribution in [0, 0.1) is 11.7 Å². The molecule has 3 aliphatic rings. The predicted molar refractivity (Wildman–Crippen MR) is 103 cm³/mol. The average Bonchev–Trinajstić information content (AvgIpc) is 3.52. The lowest BCUT2D eigenvalue weighted by Gasteiger charge is -2.36. The van der Waals surface area contributed by atoms with Gasteiger partial charge in [-0.15, -0.1) is 0 Å². The molecule has 1 saturated heterocycles. The molecule has 1 heterocycles. The number of piperidine rings is 1. The van der Waals surface area contributed by atoms with Crippen molar-refractivity contribution in [3.63, 3.8) is 0 Å². The van der Waals surface area contributed by atoms with Crippen LogP contribution in [0.15, 0.2) is 17.7 Å². The number of carbonyl (C=O) groups excluding carboxylic acids is 1. The first-order valence-corrected chi connectivity index (χ1v) is 9.78. The molecule has 0 bridgehead atoms. The van der Waals surface area contributed by atoms with Gasteiger partial charge in [0.15, 0.2) is 5.82 Å². The lowest BCUT2D eigenvalue weighted by Crippen LogP contribution is -2.45. The number of Topliss-reactive ketones (excluding diaryl/α,β-unsaturated/α-hetero) is 1. The topological polar surface area (TPSA) is 78.9 Å². The number of allylic oxidation sites excluding steroid dienone is 1. The van der Waals surface area contributed by atoms with E-state index in [4.69, 9.17) is 4.74 Å². The number of likely N-dealkylation sites (N-methyl/N-ethyl adjacent to an activating group) is 1. The number of halogens is 1. The number of carboxylic acids is 1. The van der Waals surface area contributed by atoms with Gasteiger partial charge in [-0.3, -0.25) is 4.79 Å². The molecule has 0 spiro atoms. The number of anilines is 1. The molecule has 1 saturated carbocycles. The molecule has 2 unspecified atom stereocenters. The summed E-state index contributed by atoms with van der Waals surface area (Å²) in [6.45, 7) is 1.36. The van der Waals surface area contributed by atoms with Crippen LogP contribution in [0.5, 0.6) is 5.75 Å². The van der Waals surface area contributed by atoms with Crippen molar-refractivity contribution < 1.29 is 23.8 Å². The van der Waals surface area contributed by atoms with Gasteiger partial charge in [0.1, 0.15) is 17.0 Å². The fourth-order valence-electron chi connectivity index (χ4n) is 4.55. The first-order valence-electron chi connectivity index (χ1n) is 9.78. The summed E-state index contributed by atoms with van der Waals surface area (Å²) >= 11 is 0. The molecule has 0 aromatic heterocycles. The zero-order valence-corrected chi connectivity index (χ0v) is 16.1. The fraction of sp³-hybridized carbons (Fsp3) is 0.524. The average molecular weight is 388 g/mol. The quantitative estimate of drug-likeness (QED) is 0.755. The molecule has 2 N–H and O–H groups in total. The van der Waals surface area contributed by atoms with Crippen LogP contribution in [0.2, 0.25) is 0 Å². The third kappa shape index (κ3) is 3.07. The van der Waals surface area contributed by atoms with Crippen molar-refractivity contribution in [1.29, 1.82) is 0 Å². The van der Waals surface area contributed by atoms with E-state index in [1.54, 1.807) is 6.08 Å². The Labute approximate surface area is 163 Å². The zero-order chi connectivity index (χ0) is 20.0.